The van der Waals surface area contributed by atoms with Gasteiger partial charge in [0.1, 0.15) is 5.69 Å². The van der Waals surface area contributed by atoms with Crippen molar-refractivity contribution in [2.24, 2.45) is 17.6 Å². The summed E-state index contributed by atoms with van der Waals surface area (Å²) in [6, 6.07) is 0.338. The van der Waals surface area contributed by atoms with Gasteiger partial charge in [-0.25, -0.2) is 4.98 Å². The minimum atomic E-state index is 0.0919. The molecule has 2 fully saturated rings. The lowest BCUT2D eigenvalue weighted by Gasteiger charge is -2.27. The van der Waals surface area contributed by atoms with E-state index in [1.54, 1.807) is 5.51 Å². The molecule has 3 rings (SSSR count). The standard InChI is InChI=1S/C12H17N3OS/c13-10-2-1-8-4-15(5-9(8)3-10)12(16)11-6-17-7-14-11/h6-10H,1-5,13H2/t8-,9+,10?/m1/s1. The van der Waals surface area contributed by atoms with Crippen LogP contribution in [0.15, 0.2) is 10.9 Å². The predicted octanol–water partition coefficient (Wildman–Crippen LogP) is 1.34. The Morgan fingerprint density at radius 1 is 1.41 bits per heavy atom. The molecular formula is C12H17N3OS. The Labute approximate surface area is 105 Å². The topological polar surface area (TPSA) is 59.2 Å². The van der Waals surface area contributed by atoms with Crippen LogP contribution < -0.4 is 5.73 Å². The van der Waals surface area contributed by atoms with Gasteiger partial charge in [0.2, 0.25) is 0 Å². The number of nitrogens with zero attached hydrogens (tertiary/aromatic N) is 2. The Balaban J connectivity index is 1.69. The Kier molecular flexibility index (Phi) is 2.88. The monoisotopic (exact) mass is 251 g/mol. The van der Waals surface area contributed by atoms with Crippen molar-refractivity contribution in [1.82, 2.24) is 9.88 Å². The summed E-state index contributed by atoms with van der Waals surface area (Å²) in [4.78, 5) is 18.2. The Bertz CT molecular complexity index is 406. The molecule has 1 aliphatic carbocycles. The van der Waals surface area contributed by atoms with Gasteiger partial charge in [-0.1, -0.05) is 0 Å². The maximum Gasteiger partial charge on any atom is 0.273 e. The summed E-state index contributed by atoms with van der Waals surface area (Å²) in [6.45, 7) is 1.77. The molecule has 5 heteroatoms. The van der Waals surface area contributed by atoms with Crippen molar-refractivity contribution < 1.29 is 4.79 Å². The van der Waals surface area contributed by atoms with E-state index in [2.05, 4.69) is 4.98 Å². The number of carbonyl (C=O) groups excluding carboxylic acids is 1. The van der Waals surface area contributed by atoms with Crippen LogP contribution in [0.4, 0.5) is 0 Å². The molecule has 2 N–H and O–H groups in total. The fourth-order valence-electron chi connectivity index (χ4n) is 3.11. The zero-order chi connectivity index (χ0) is 11.8. The smallest absolute Gasteiger partial charge is 0.273 e. The third-order valence-electron chi connectivity index (χ3n) is 4.03. The highest BCUT2D eigenvalue weighted by Gasteiger charge is 2.38. The van der Waals surface area contributed by atoms with Crippen LogP contribution in [-0.4, -0.2) is 34.9 Å². The van der Waals surface area contributed by atoms with Crippen LogP contribution >= 0.6 is 11.3 Å². The average Bonchev–Trinajstić information content (AvgIpc) is 2.96. The molecule has 0 bridgehead atoms. The number of aromatic nitrogens is 1. The number of likely N-dealkylation sites (tertiary alicyclic amines) is 1. The molecule has 1 amide bonds. The van der Waals surface area contributed by atoms with Gasteiger partial charge < -0.3 is 10.6 Å². The zero-order valence-corrected chi connectivity index (χ0v) is 10.5. The van der Waals surface area contributed by atoms with Crippen LogP contribution in [0.3, 0.4) is 0 Å². The average molecular weight is 251 g/mol. The van der Waals surface area contributed by atoms with Gasteiger partial charge in [-0.15, -0.1) is 11.3 Å². The van der Waals surface area contributed by atoms with Crippen molar-refractivity contribution >= 4 is 17.2 Å². The molecule has 92 valence electrons. The van der Waals surface area contributed by atoms with Crippen LogP contribution in [0.2, 0.25) is 0 Å². The van der Waals surface area contributed by atoms with Crippen molar-refractivity contribution in [3.05, 3.63) is 16.6 Å². The molecule has 1 saturated carbocycles. The number of fused-ring (bicyclic) bond motifs is 1. The van der Waals surface area contributed by atoms with Crippen LogP contribution in [0.25, 0.3) is 0 Å². The van der Waals surface area contributed by atoms with Gasteiger partial charge in [0.15, 0.2) is 0 Å². The normalized spacial score (nSPS) is 32.5. The minimum absolute atomic E-state index is 0.0919. The number of hydrogen-bond acceptors (Lipinski definition) is 4. The summed E-state index contributed by atoms with van der Waals surface area (Å²) in [7, 11) is 0. The number of rotatable bonds is 1. The Hall–Kier alpha value is -0.940. The summed E-state index contributed by atoms with van der Waals surface area (Å²) in [5.74, 6) is 1.37. The number of amides is 1. The molecule has 1 aromatic heterocycles. The second kappa shape index (κ2) is 4.38. The molecule has 0 aromatic carbocycles. The third-order valence-corrected chi connectivity index (χ3v) is 4.62. The van der Waals surface area contributed by atoms with Crippen LogP contribution in [0, 0.1) is 11.8 Å². The molecular weight excluding hydrogens is 234 g/mol. The van der Waals surface area contributed by atoms with Crippen LogP contribution in [0.1, 0.15) is 29.8 Å². The first-order chi connectivity index (χ1) is 8.24. The summed E-state index contributed by atoms with van der Waals surface area (Å²) < 4.78 is 0. The number of nitrogens with two attached hydrogens (primary N) is 1. The van der Waals surface area contributed by atoms with E-state index in [1.165, 1.54) is 17.8 Å². The fourth-order valence-corrected chi connectivity index (χ4v) is 3.64. The minimum Gasteiger partial charge on any atom is -0.337 e. The second-order valence-corrected chi connectivity index (χ2v) is 5.90. The number of hydrogen-bond donors (Lipinski definition) is 1. The molecule has 1 aliphatic heterocycles. The van der Waals surface area contributed by atoms with Crippen molar-refractivity contribution in [2.45, 2.75) is 25.3 Å². The molecule has 1 unspecified atom stereocenters. The van der Waals surface area contributed by atoms with E-state index in [9.17, 15) is 4.79 Å². The number of carbonyl (C=O) groups is 1. The van der Waals surface area contributed by atoms with E-state index < -0.39 is 0 Å². The SMILES string of the molecule is NC1CC[C@@H]2CN(C(=O)c3cscn3)C[C@@H]2C1. The highest BCUT2D eigenvalue weighted by Crippen LogP contribution is 2.36. The predicted molar refractivity (Wildman–Crippen MR) is 66.8 cm³/mol. The molecule has 4 nitrogen and oxygen atoms in total. The lowest BCUT2D eigenvalue weighted by Crippen LogP contribution is -2.32. The fraction of sp³-hybridized carbons (Fsp3) is 0.667. The summed E-state index contributed by atoms with van der Waals surface area (Å²) in [5, 5.41) is 1.83. The lowest BCUT2D eigenvalue weighted by molar-refractivity contribution is 0.0779. The molecule has 2 heterocycles. The largest absolute Gasteiger partial charge is 0.337 e. The summed E-state index contributed by atoms with van der Waals surface area (Å²) >= 11 is 1.47. The Morgan fingerprint density at radius 2 is 2.24 bits per heavy atom. The van der Waals surface area contributed by atoms with Gasteiger partial charge in [-0.05, 0) is 31.1 Å². The van der Waals surface area contributed by atoms with E-state index in [0.29, 0.717) is 23.6 Å². The molecule has 17 heavy (non-hydrogen) atoms. The first-order valence-electron chi connectivity index (χ1n) is 6.17. The van der Waals surface area contributed by atoms with E-state index in [0.717, 1.165) is 25.9 Å². The van der Waals surface area contributed by atoms with Crippen molar-refractivity contribution in [1.29, 1.82) is 0 Å². The van der Waals surface area contributed by atoms with Crippen LogP contribution in [-0.2, 0) is 0 Å². The quantitative estimate of drug-likeness (QED) is 0.819. The van der Waals surface area contributed by atoms with Crippen molar-refractivity contribution in [3.8, 4) is 0 Å². The molecule has 0 radical (unpaired) electrons. The van der Waals surface area contributed by atoms with Gasteiger partial charge in [-0.2, -0.15) is 0 Å². The third kappa shape index (κ3) is 2.09. The molecule has 0 spiro atoms. The Morgan fingerprint density at radius 3 is 3.00 bits per heavy atom. The highest BCUT2D eigenvalue weighted by atomic mass is 32.1. The zero-order valence-electron chi connectivity index (χ0n) is 9.71. The molecule has 2 aliphatic rings. The van der Waals surface area contributed by atoms with Crippen LogP contribution in [0.5, 0.6) is 0 Å². The van der Waals surface area contributed by atoms with Gasteiger partial charge in [-0.3, -0.25) is 4.79 Å². The first kappa shape index (κ1) is 11.2. The highest BCUT2D eigenvalue weighted by molar-refractivity contribution is 7.07. The molecule has 3 atom stereocenters. The second-order valence-electron chi connectivity index (χ2n) is 5.18. The van der Waals surface area contributed by atoms with Gasteiger partial charge in [0.05, 0.1) is 5.51 Å². The van der Waals surface area contributed by atoms with E-state index >= 15 is 0 Å². The summed E-state index contributed by atoms with van der Waals surface area (Å²) in [5.41, 5.74) is 8.30. The van der Waals surface area contributed by atoms with Crippen molar-refractivity contribution in [2.75, 3.05) is 13.1 Å². The molecule has 1 aromatic rings. The maximum absolute atomic E-state index is 12.2. The van der Waals surface area contributed by atoms with Gasteiger partial charge in [0, 0.05) is 24.5 Å². The van der Waals surface area contributed by atoms with E-state index in [1.807, 2.05) is 10.3 Å². The first-order valence-corrected chi connectivity index (χ1v) is 7.11. The van der Waals surface area contributed by atoms with Gasteiger partial charge in [0.25, 0.3) is 5.91 Å². The maximum atomic E-state index is 12.2. The van der Waals surface area contributed by atoms with Crippen molar-refractivity contribution in [3.63, 3.8) is 0 Å². The van der Waals surface area contributed by atoms with E-state index in [-0.39, 0.29) is 5.91 Å². The molecule has 1 saturated heterocycles. The summed E-state index contributed by atoms with van der Waals surface area (Å²) in [6.07, 6.45) is 3.36. The lowest BCUT2D eigenvalue weighted by atomic mass is 9.79. The van der Waals surface area contributed by atoms with Gasteiger partial charge >= 0.3 is 0 Å². The van der Waals surface area contributed by atoms with E-state index in [4.69, 9.17) is 5.73 Å². The number of thiazole rings is 1.